The summed E-state index contributed by atoms with van der Waals surface area (Å²) in [5.41, 5.74) is -0.483. The third kappa shape index (κ3) is 5.32. The first-order valence-corrected chi connectivity index (χ1v) is 9.00. The van der Waals surface area contributed by atoms with Gasteiger partial charge in [-0.2, -0.15) is 0 Å². The highest BCUT2D eigenvalue weighted by atomic mass is 35.5. The molecule has 0 saturated carbocycles. The molecule has 2 rings (SSSR count). The zero-order valence-electron chi connectivity index (χ0n) is 12.4. The number of hydrogen-bond donors (Lipinski definition) is 1. The Kier molecular flexibility index (Phi) is 6.76. The molecule has 0 fully saturated rings. The molecule has 2 aromatic heterocycles. The van der Waals surface area contributed by atoms with Gasteiger partial charge in [-0.25, -0.2) is 0 Å². The van der Waals surface area contributed by atoms with E-state index in [4.69, 9.17) is 20.8 Å². The van der Waals surface area contributed by atoms with Crippen LogP contribution >= 0.6 is 34.7 Å². The summed E-state index contributed by atoms with van der Waals surface area (Å²) in [6, 6.07) is 1.23. The summed E-state index contributed by atoms with van der Waals surface area (Å²) in [7, 11) is 0. The highest BCUT2D eigenvalue weighted by Gasteiger charge is 2.11. The lowest BCUT2D eigenvalue weighted by atomic mass is 10.4. The first-order chi connectivity index (χ1) is 11.5. The minimum absolute atomic E-state index is 0.143. The normalized spacial score (nSPS) is 10.4. The van der Waals surface area contributed by atoms with E-state index >= 15 is 0 Å². The highest BCUT2D eigenvalue weighted by molar-refractivity contribution is 8.00. The fourth-order valence-corrected chi connectivity index (χ4v) is 3.11. The van der Waals surface area contributed by atoms with Crippen LogP contribution in [0.4, 0.5) is 5.13 Å². The number of hydrogen-bond acceptors (Lipinski definition) is 9. The smallest absolute Gasteiger partial charge is 0.326 e. The summed E-state index contributed by atoms with van der Waals surface area (Å²) in [6.07, 6.45) is 1.42. The Morgan fingerprint density at radius 2 is 2.25 bits per heavy atom. The Morgan fingerprint density at radius 1 is 1.46 bits per heavy atom. The van der Waals surface area contributed by atoms with E-state index in [1.165, 1.54) is 29.2 Å². The zero-order valence-corrected chi connectivity index (χ0v) is 14.8. The fourth-order valence-electron chi connectivity index (χ4n) is 1.40. The molecular formula is C13H12ClN3O5S2. The number of aromatic nitrogens is 2. The summed E-state index contributed by atoms with van der Waals surface area (Å²) in [6.45, 7) is 1.74. The molecule has 2 heterocycles. The third-order valence-electron chi connectivity index (χ3n) is 2.50. The number of carbonyl (C=O) groups excluding carboxylic acids is 2. The van der Waals surface area contributed by atoms with Crippen LogP contribution < -0.4 is 15.5 Å². The second-order valence-corrected chi connectivity index (χ2v) is 6.71. The van der Waals surface area contributed by atoms with Gasteiger partial charge in [0.25, 0.3) is 0 Å². The van der Waals surface area contributed by atoms with Gasteiger partial charge in [-0.3, -0.25) is 14.4 Å². The number of halogens is 1. The molecule has 0 radical (unpaired) electrons. The molecule has 24 heavy (non-hydrogen) atoms. The number of nitrogens with zero attached hydrogens (tertiary/aromatic N) is 2. The van der Waals surface area contributed by atoms with Gasteiger partial charge in [-0.1, -0.05) is 30.0 Å². The molecule has 0 spiro atoms. The Labute approximate surface area is 149 Å². The van der Waals surface area contributed by atoms with Gasteiger partial charge < -0.3 is 14.5 Å². The SMILES string of the molecule is CCC(=O)Nc1nnc(SCc2cc(=O)c(OC(=O)CCl)co2)s1. The number of alkyl halides is 1. The maximum atomic E-state index is 11.8. The third-order valence-corrected chi connectivity index (χ3v) is 4.71. The Hall–Kier alpha value is -1.91. The van der Waals surface area contributed by atoms with Crippen molar-refractivity contribution >= 4 is 51.7 Å². The molecular weight excluding hydrogens is 378 g/mol. The van der Waals surface area contributed by atoms with Crippen LogP contribution in [0.15, 0.2) is 25.9 Å². The van der Waals surface area contributed by atoms with Crippen LogP contribution in [0.25, 0.3) is 0 Å². The molecule has 0 aliphatic rings. The van der Waals surface area contributed by atoms with Crippen molar-refractivity contribution in [1.29, 1.82) is 0 Å². The summed E-state index contributed by atoms with van der Waals surface area (Å²) in [4.78, 5) is 34.1. The Morgan fingerprint density at radius 3 is 2.92 bits per heavy atom. The summed E-state index contributed by atoms with van der Waals surface area (Å²) in [5, 5.41) is 10.8. The molecule has 11 heteroatoms. The zero-order chi connectivity index (χ0) is 17.5. The van der Waals surface area contributed by atoms with Crippen LogP contribution in [-0.4, -0.2) is 28.0 Å². The molecule has 128 valence electrons. The van der Waals surface area contributed by atoms with E-state index in [0.717, 1.165) is 6.26 Å². The predicted molar refractivity (Wildman–Crippen MR) is 89.7 cm³/mol. The molecule has 1 N–H and O–H groups in total. The topological polar surface area (TPSA) is 111 Å². The van der Waals surface area contributed by atoms with E-state index in [0.29, 0.717) is 27.4 Å². The maximum absolute atomic E-state index is 11.8. The first-order valence-electron chi connectivity index (χ1n) is 6.66. The van der Waals surface area contributed by atoms with E-state index < -0.39 is 11.4 Å². The molecule has 0 unspecified atom stereocenters. The summed E-state index contributed by atoms with van der Waals surface area (Å²) in [5.74, 6) is -0.738. The van der Waals surface area contributed by atoms with Crippen LogP contribution in [-0.2, 0) is 15.3 Å². The average molecular weight is 390 g/mol. The van der Waals surface area contributed by atoms with Gasteiger partial charge in [0.2, 0.25) is 22.2 Å². The van der Waals surface area contributed by atoms with Gasteiger partial charge >= 0.3 is 5.97 Å². The fraction of sp³-hybridized carbons (Fsp3) is 0.308. The van der Waals surface area contributed by atoms with Crippen LogP contribution in [0.1, 0.15) is 19.1 Å². The highest BCUT2D eigenvalue weighted by Crippen LogP contribution is 2.28. The molecule has 0 aliphatic heterocycles. The minimum Gasteiger partial charge on any atom is -0.464 e. The summed E-state index contributed by atoms with van der Waals surface area (Å²) < 4.78 is 10.6. The van der Waals surface area contributed by atoms with Crippen LogP contribution in [0, 0.1) is 0 Å². The number of carbonyl (C=O) groups is 2. The van der Waals surface area contributed by atoms with Crippen molar-refractivity contribution in [1.82, 2.24) is 10.2 Å². The standard InChI is InChI=1S/C13H12ClN3O5S2/c1-2-10(19)15-12-16-17-13(24-12)23-6-7-3-8(18)9(5-21-7)22-11(20)4-14/h3,5H,2,4,6H2,1H3,(H,15,16,19). The average Bonchev–Trinajstić information content (AvgIpc) is 3.02. The van der Waals surface area contributed by atoms with Crippen molar-refractivity contribution in [3.8, 4) is 5.75 Å². The van der Waals surface area contributed by atoms with Crippen molar-refractivity contribution in [3.63, 3.8) is 0 Å². The van der Waals surface area contributed by atoms with Gasteiger partial charge in [0.15, 0.2) is 4.34 Å². The van der Waals surface area contributed by atoms with Crippen molar-refractivity contribution in [2.24, 2.45) is 0 Å². The van der Waals surface area contributed by atoms with E-state index in [1.807, 2.05) is 0 Å². The lowest BCUT2D eigenvalue weighted by Gasteiger charge is -2.02. The van der Waals surface area contributed by atoms with Gasteiger partial charge in [0.05, 0.1) is 5.75 Å². The van der Waals surface area contributed by atoms with Gasteiger partial charge in [-0.15, -0.1) is 21.8 Å². The van der Waals surface area contributed by atoms with E-state index in [2.05, 4.69) is 15.5 Å². The lowest BCUT2D eigenvalue weighted by Crippen LogP contribution is -2.15. The number of ether oxygens (including phenoxy) is 1. The van der Waals surface area contributed by atoms with Crippen LogP contribution in [0.2, 0.25) is 0 Å². The van der Waals surface area contributed by atoms with E-state index in [1.54, 1.807) is 6.92 Å². The molecule has 0 aliphatic carbocycles. The lowest BCUT2D eigenvalue weighted by molar-refractivity contribution is -0.131. The molecule has 0 bridgehead atoms. The number of esters is 1. The first kappa shape index (κ1) is 18.4. The molecule has 2 aromatic rings. The maximum Gasteiger partial charge on any atom is 0.326 e. The second-order valence-electron chi connectivity index (χ2n) is 4.25. The Bertz CT molecular complexity index is 792. The van der Waals surface area contributed by atoms with Gasteiger partial charge in [0, 0.05) is 12.5 Å². The molecule has 8 nitrogen and oxygen atoms in total. The van der Waals surface area contributed by atoms with Gasteiger partial charge in [0.1, 0.15) is 17.9 Å². The molecule has 0 atom stereocenters. The molecule has 0 aromatic carbocycles. The Balaban J connectivity index is 1.95. The van der Waals surface area contributed by atoms with Gasteiger partial charge in [-0.05, 0) is 0 Å². The monoisotopic (exact) mass is 389 g/mol. The number of nitrogens with one attached hydrogen (secondary N) is 1. The molecule has 1 amide bonds. The number of anilines is 1. The van der Waals surface area contributed by atoms with Crippen LogP contribution in [0.5, 0.6) is 5.75 Å². The van der Waals surface area contributed by atoms with Crippen molar-refractivity contribution in [2.45, 2.75) is 23.4 Å². The number of rotatable bonds is 7. The van der Waals surface area contributed by atoms with Crippen molar-refractivity contribution in [3.05, 3.63) is 28.3 Å². The predicted octanol–water partition coefficient (Wildman–Crippen LogP) is 2.28. The van der Waals surface area contributed by atoms with Crippen molar-refractivity contribution < 1.29 is 18.7 Å². The quantitative estimate of drug-likeness (QED) is 0.332. The summed E-state index contributed by atoms with van der Waals surface area (Å²) >= 11 is 7.81. The second kappa shape index (κ2) is 8.81. The number of thioether (sulfide) groups is 1. The van der Waals surface area contributed by atoms with Crippen molar-refractivity contribution in [2.75, 3.05) is 11.2 Å². The molecule has 0 saturated heterocycles. The minimum atomic E-state index is -0.735. The van der Waals surface area contributed by atoms with Crippen LogP contribution in [0.3, 0.4) is 0 Å². The number of amides is 1. The van der Waals surface area contributed by atoms with E-state index in [-0.39, 0.29) is 17.5 Å². The largest absolute Gasteiger partial charge is 0.464 e. The van der Waals surface area contributed by atoms with E-state index in [9.17, 15) is 14.4 Å².